The number of amides is 1. The van der Waals surface area contributed by atoms with Gasteiger partial charge in [-0.1, -0.05) is 6.07 Å². The largest absolute Gasteiger partial charge is 0.468 e. The number of hydrogen-bond acceptors (Lipinski definition) is 5. The Morgan fingerprint density at radius 2 is 2.07 bits per heavy atom. The molecular formula is C21H30N6O2. The van der Waals surface area contributed by atoms with Crippen LogP contribution in [0.3, 0.4) is 0 Å². The number of likely N-dealkylation sites (tertiary alicyclic amines) is 1. The monoisotopic (exact) mass is 398 g/mol. The van der Waals surface area contributed by atoms with Crippen LogP contribution in [0.4, 0.5) is 5.82 Å². The molecule has 1 amide bonds. The highest BCUT2D eigenvalue weighted by molar-refractivity contribution is 5.90. The molecule has 3 rings (SSSR count). The van der Waals surface area contributed by atoms with Gasteiger partial charge in [-0.2, -0.15) is 0 Å². The number of guanidine groups is 1. The Balaban J connectivity index is 1.44. The molecule has 1 unspecified atom stereocenters. The van der Waals surface area contributed by atoms with Crippen molar-refractivity contribution in [3.8, 4) is 0 Å². The molecule has 0 spiro atoms. The second kappa shape index (κ2) is 10.6. The molecule has 156 valence electrons. The zero-order valence-electron chi connectivity index (χ0n) is 17.1. The summed E-state index contributed by atoms with van der Waals surface area (Å²) in [6.07, 6.45) is 4.47. The third kappa shape index (κ3) is 6.32. The third-order valence-corrected chi connectivity index (χ3v) is 4.94. The molecule has 0 aliphatic carbocycles. The fourth-order valence-electron chi connectivity index (χ4n) is 3.47. The predicted molar refractivity (Wildman–Crippen MR) is 114 cm³/mol. The quantitative estimate of drug-likeness (QED) is 0.467. The highest BCUT2D eigenvalue weighted by Gasteiger charge is 2.25. The van der Waals surface area contributed by atoms with E-state index in [0.717, 1.165) is 24.5 Å². The molecule has 3 N–H and O–H groups in total. The fraction of sp³-hybridized carbons (Fsp3) is 0.476. The minimum atomic E-state index is -0.0865. The molecule has 1 saturated heterocycles. The van der Waals surface area contributed by atoms with Gasteiger partial charge in [0, 0.05) is 32.3 Å². The van der Waals surface area contributed by atoms with Crippen molar-refractivity contribution in [2.75, 3.05) is 38.5 Å². The summed E-state index contributed by atoms with van der Waals surface area (Å²) in [7, 11) is 1.73. The smallest absolute Gasteiger partial charge is 0.227 e. The van der Waals surface area contributed by atoms with Gasteiger partial charge in [-0.15, -0.1) is 0 Å². The summed E-state index contributed by atoms with van der Waals surface area (Å²) in [4.78, 5) is 23.1. The van der Waals surface area contributed by atoms with Crippen LogP contribution < -0.4 is 16.0 Å². The summed E-state index contributed by atoms with van der Waals surface area (Å²) in [5.74, 6) is 2.11. The molecule has 2 aromatic rings. The van der Waals surface area contributed by atoms with Crippen LogP contribution in [-0.2, 0) is 4.79 Å². The number of pyridine rings is 1. The fourth-order valence-corrected chi connectivity index (χ4v) is 3.47. The van der Waals surface area contributed by atoms with E-state index < -0.39 is 0 Å². The standard InChI is InChI=1S/C21H30N6O2/c1-16-7-5-9-19(25-16)26-20(28)10-11-23-21(22-2)24-15-17(18-8-6-14-29-18)27-12-3-4-13-27/h5-9,14,17H,3-4,10-13,15H2,1-2H3,(H2,22,23,24)(H,25,26,28). The maximum absolute atomic E-state index is 12.1. The predicted octanol–water partition coefficient (Wildman–Crippen LogP) is 2.31. The second-order valence-electron chi connectivity index (χ2n) is 7.12. The van der Waals surface area contributed by atoms with Crippen LogP contribution >= 0.6 is 0 Å². The summed E-state index contributed by atoms with van der Waals surface area (Å²) in [6, 6.07) is 9.66. The number of carbonyl (C=O) groups is 1. The Bertz CT molecular complexity index is 799. The van der Waals surface area contributed by atoms with Crippen molar-refractivity contribution in [2.24, 2.45) is 4.99 Å². The zero-order chi connectivity index (χ0) is 20.5. The van der Waals surface area contributed by atoms with Crippen molar-refractivity contribution in [3.05, 3.63) is 48.0 Å². The number of carbonyl (C=O) groups excluding carboxylic acids is 1. The van der Waals surface area contributed by atoms with E-state index in [4.69, 9.17) is 4.42 Å². The first kappa shape index (κ1) is 20.9. The maximum atomic E-state index is 12.1. The summed E-state index contributed by atoms with van der Waals surface area (Å²) < 4.78 is 5.65. The number of aliphatic imine (C=N–C) groups is 1. The lowest BCUT2D eigenvalue weighted by Gasteiger charge is -2.26. The van der Waals surface area contributed by atoms with Crippen molar-refractivity contribution in [1.29, 1.82) is 0 Å². The molecule has 3 heterocycles. The SMILES string of the molecule is CN=C(NCCC(=O)Nc1cccc(C)n1)NCC(c1ccco1)N1CCCC1. The highest BCUT2D eigenvalue weighted by Crippen LogP contribution is 2.24. The van der Waals surface area contributed by atoms with Gasteiger partial charge in [-0.05, 0) is 57.1 Å². The van der Waals surface area contributed by atoms with E-state index in [1.165, 1.54) is 12.8 Å². The molecule has 8 nitrogen and oxygen atoms in total. The molecule has 8 heteroatoms. The Morgan fingerprint density at radius 1 is 1.24 bits per heavy atom. The lowest BCUT2D eigenvalue weighted by atomic mass is 10.2. The van der Waals surface area contributed by atoms with E-state index in [2.05, 4.69) is 30.8 Å². The van der Waals surface area contributed by atoms with Crippen LogP contribution in [0.15, 0.2) is 46.0 Å². The van der Waals surface area contributed by atoms with Crippen molar-refractivity contribution in [2.45, 2.75) is 32.2 Å². The summed E-state index contributed by atoms with van der Waals surface area (Å²) in [6.45, 7) is 5.21. The number of aromatic nitrogens is 1. The Kier molecular flexibility index (Phi) is 7.63. The van der Waals surface area contributed by atoms with Crippen LogP contribution in [0, 0.1) is 6.92 Å². The Hall–Kier alpha value is -2.87. The van der Waals surface area contributed by atoms with E-state index in [0.29, 0.717) is 31.3 Å². The van der Waals surface area contributed by atoms with Crippen molar-refractivity contribution in [3.63, 3.8) is 0 Å². The molecule has 0 radical (unpaired) electrons. The molecule has 1 atom stereocenters. The van der Waals surface area contributed by atoms with Gasteiger partial charge in [-0.3, -0.25) is 14.7 Å². The first-order chi connectivity index (χ1) is 14.2. The summed E-state index contributed by atoms with van der Waals surface area (Å²) in [5.41, 5.74) is 0.870. The molecule has 0 saturated carbocycles. The number of nitrogens with zero attached hydrogens (tertiary/aromatic N) is 3. The first-order valence-electron chi connectivity index (χ1n) is 10.1. The zero-order valence-corrected chi connectivity index (χ0v) is 17.1. The van der Waals surface area contributed by atoms with Crippen molar-refractivity contribution >= 4 is 17.7 Å². The van der Waals surface area contributed by atoms with Gasteiger partial charge in [-0.25, -0.2) is 4.98 Å². The average Bonchev–Trinajstić information content (AvgIpc) is 3.41. The maximum Gasteiger partial charge on any atom is 0.227 e. The van der Waals surface area contributed by atoms with Crippen LogP contribution in [0.1, 0.15) is 36.8 Å². The van der Waals surface area contributed by atoms with Crippen molar-refractivity contribution < 1.29 is 9.21 Å². The number of aryl methyl sites for hydroxylation is 1. The van der Waals surface area contributed by atoms with Gasteiger partial charge in [0.2, 0.25) is 5.91 Å². The van der Waals surface area contributed by atoms with Gasteiger partial charge in [0.1, 0.15) is 11.6 Å². The normalized spacial score (nSPS) is 15.9. The first-order valence-corrected chi connectivity index (χ1v) is 10.1. The minimum Gasteiger partial charge on any atom is -0.468 e. The Labute approximate surface area is 171 Å². The van der Waals surface area contributed by atoms with Crippen LogP contribution in [0.25, 0.3) is 0 Å². The average molecular weight is 399 g/mol. The van der Waals surface area contributed by atoms with E-state index >= 15 is 0 Å². The molecule has 0 bridgehead atoms. The molecular weight excluding hydrogens is 368 g/mol. The lowest BCUT2D eigenvalue weighted by molar-refractivity contribution is -0.116. The lowest BCUT2D eigenvalue weighted by Crippen LogP contribution is -2.43. The van der Waals surface area contributed by atoms with Crippen molar-refractivity contribution in [1.82, 2.24) is 20.5 Å². The molecule has 0 aromatic carbocycles. The highest BCUT2D eigenvalue weighted by atomic mass is 16.3. The van der Waals surface area contributed by atoms with E-state index in [1.54, 1.807) is 19.4 Å². The molecule has 1 aliphatic rings. The van der Waals surface area contributed by atoms with Crippen LogP contribution in [-0.4, -0.2) is 55.0 Å². The van der Waals surface area contributed by atoms with E-state index in [1.807, 2.05) is 31.2 Å². The van der Waals surface area contributed by atoms with Gasteiger partial charge in [0.25, 0.3) is 0 Å². The van der Waals surface area contributed by atoms with E-state index in [-0.39, 0.29) is 11.9 Å². The number of anilines is 1. The number of hydrogen-bond donors (Lipinski definition) is 3. The molecule has 1 fully saturated rings. The molecule has 29 heavy (non-hydrogen) atoms. The molecule has 1 aliphatic heterocycles. The van der Waals surface area contributed by atoms with E-state index in [9.17, 15) is 4.79 Å². The van der Waals surface area contributed by atoms with Gasteiger partial charge >= 0.3 is 0 Å². The van der Waals surface area contributed by atoms with Crippen LogP contribution in [0.2, 0.25) is 0 Å². The molecule has 2 aromatic heterocycles. The van der Waals surface area contributed by atoms with Crippen LogP contribution in [0.5, 0.6) is 0 Å². The van der Waals surface area contributed by atoms with Gasteiger partial charge in [0.15, 0.2) is 5.96 Å². The number of nitrogens with one attached hydrogen (secondary N) is 3. The third-order valence-electron chi connectivity index (χ3n) is 4.94. The topological polar surface area (TPSA) is 94.8 Å². The Morgan fingerprint density at radius 3 is 2.76 bits per heavy atom. The second-order valence-corrected chi connectivity index (χ2v) is 7.12. The summed E-state index contributed by atoms with van der Waals surface area (Å²) in [5, 5.41) is 9.37. The van der Waals surface area contributed by atoms with Gasteiger partial charge in [0.05, 0.1) is 12.3 Å². The number of furan rings is 1. The van der Waals surface area contributed by atoms with Gasteiger partial charge < -0.3 is 20.4 Å². The summed E-state index contributed by atoms with van der Waals surface area (Å²) >= 11 is 0. The minimum absolute atomic E-state index is 0.0865. The number of rotatable bonds is 8.